The third-order valence-electron chi connectivity index (χ3n) is 4.34. The van der Waals surface area contributed by atoms with Crippen LogP contribution in [0.5, 0.6) is 0 Å². The molecule has 7 heteroatoms. The number of halogens is 1. The topological polar surface area (TPSA) is 73.6 Å². The van der Waals surface area contributed by atoms with Crippen LogP contribution in [0.25, 0.3) is 0 Å². The number of carbonyl (C=O) groups is 1. The lowest BCUT2D eigenvalue weighted by Gasteiger charge is -2.21. The van der Waals surface area contributed by atoms with Gasteiger partial charge in [-0.3, -0.25) is 4.79 Å². The highest BCUT2D eigenvalue weighted by Crippen LogP contribution is 2.17. The molecule has 140 valence electrons. The lowest BCUT2D eigenvalue weighted by atomic mass is 10.0. The van der Waals surface area contributed by atoms with Crippen molar-refractivity contribution in [3.8, 4) is 0 Å². The highest BCUT2D eigenvalue weighted by atomic mass is 35.5. The second-order valence-electron chi connectivity index (χ2n) is 6.41. The average Bonchev–Trinajstić information content (AvgIpc) is 3.10. The van der Waals surface area contributed by atoms with Crippen LogP contribution in [0.2, 0.25) is 5.02 Å². The minimum Gasteiger partial charge on any atom is -0.381 e. The summed E-state index contributed by atoms with van der Waals surface area (Å²) in [5, 5.41) is 7.56. The third kappa shape index (κ3) is 5.83. The van der Waals surface area contributed by atoms with E-state index in [9.17, 15) is 4.79 Å². The fourth-order valence-corrected chi connectivity index (χ4v) is 3.01. The van der Waals surface area contributed by atoms with Crippen molar-refractivity contribution >= 4 is 17.5 Å². The minimum absolute atomic E-state index is 0.0478. The van der Waals surface area contributed by atoms with Crippen LogP contribution >= 0.6 is 11.6 Å². The summed E-state index contributed by atoms with van der Waals surface area (Å²) < 4.78 is 16.1. The molecule has 1 aliphatic rings. The smallest absolute Gasteiger partial charge is 0.226 e. The largest absolute Gasteiger partial charge is 0.381 e. The van der Waals surface area contributed by atoms with Gasteiger partial charge in [0, 0.05) is 30.8 Å². The van der Waals surface area contributed by atoms with Gasteiger partial charge in [0.05, 0.1) is 18.7 Å². The molecule has 0 saturated carbocycles. The predicted molar refractivity (Wildman–Crippen MR) is 96.7 cm³/mol. The summed E-state index contributed by atoms with van der Waals surface area (Å²) in [5.74, 6) is 1.04. The fraction of sp³-hybridized carbons (Fsp3) is 0.474. The number of nitrogens with one attached hydrogen (secondary N) is 1. The molecule has 1 amide bonds. The van der Waals surface area contributed by atoms with Crippen molar-refractivity contribution < 1.29 is 18.8 Å². The molecule has 1 saturated heterocycles. The van der Waals surface area contributed by atoms with Gasteiger partial charge in [0.1, 0.15) is 6.61 Å². The van der Waals surface area contributed by atoms with Crippen molar-refractivity contribution in [3.63, 3.8) is 0 Å². The van der Waals surface area contributed by atoms with Gasteiger partial charge in [-0.1, -0.05) is 35.0 Å². The summed E-state index contributed by atoms with van der Waals surface area (Å²) in [6, 6.07) is 9.28. The summed E-state index contributed by atoms with van der Waals surface area (Å²) in [6.45, 7) is 2.92. The van der Waals surface area contributed by atoms with Gasteiger partial charge in [0.2, 0.25) is 5.91 Å². The summed E-state index contributed by atoms with van der Waals surface area (Å²) >= 11 is 6.09. The zero-order valence-electron chi connectivity index (χ0n) is 14.6. The van der Waals surface area contributed by atoms with Crippen LogP contribution in [0, 0.1) is 5.92 Å². The SMILES string of the molecule is O=C(Cc1cc(COCc2ccccc2Cl)on1)NCC1CCOCC1. The van der Waals surface area contributed by atoms with Gasteiger partial charge >= 0.3 is 0 Å². The van der Waals surface area contributed by atoms with Crippen LogP contribution < -0.4 is 5.32 Å². The molecule has 0 atom stereocenters. The molecule has 26 heavy (non-hydrogen) atoms. The monoisotopic (exact) mass is 378 g/mol. The lowest BCUT2D eigenvalue weighted by Crippen LogP contribution is -2.33. The summed E-state index contributed by atoms with van der Waals surface area (Å²) in [5.41, 5.74) is 1.52. The van der Waals surface area contributed by atoms with Crippen molar-refractivity contribution in [3.05, 3.63) is 52.4 Å². The number of ether oxygens (including phenoxy) is 2. The molecule has 1 fully saturated rings. The Hall–Kier alpha value is -1.89. The molecule has 1 aliphatic heterocycles. The van der Waals surface area contributed by atoms with E-state index in [4.69, 9.17) is 25.6 Å². The Morgan fingerprint density at radius 1 is 1.27 bits per heavy atom. The molecule has 1 aromatic heterocycles. The zero-order valence-corrected chi connectivity index (χ0v) is 15.3. The van der Waals surface area contributed by atoms with Crippen LogP contribution in [0.4, 0.5) is 0 Å². The Balaban J connectivity index is 1.38. The second-order valence-corrected chi connectivity index (χ2v) is 6.81. The first-order chi connectivity index (χ1) is 12.7. The van der Waals surface area contributed by atoms with E-state index < -0.39 is 0 Å². The summed E-state index contributed by atoms with van der Waals surface area (Å²) in [7, 11) is 0. The Morgan fingerprint density at radius 2 is 2.08 bits per heavy atom. The third-order valence-corrected chi connectivity index (χ3v) is 4.71. The van der Waals surface area contributed by atoms with Gasteiger partial charge in [0.15, 0.2) is 5.76 Å². The molecule has 0 bridgehead atoms. The Bertz CT molecular complexity index is 713. The van der Waals surface area contributed by atoms with Crippen molar-refractivity contribution in [2.45, 2.75) is 32.5 Å². The van der Waals surface area contributed by atoms with Crippen molar-refractivity contribution in [2.24, 2.45) is 5.92 Å². The highest BCUT2D eigenvalue weighted by Gasteiger charge is 2.15. The average molecular weight is 379 g/mol. The Labute approximate surface area is 157 Å². The van der Waals surface area contributed by atoms with E-state index in [1.54, 1.807) is 6.07 Å². The van der Waals surface area contributed by atoms with Crippen LogP contribution in [0.15, 0.2) is 34.9 Å². The lowest BCUT2D eigenvalue weighted by molar-refractivity contribution is -0.120. The zero-order chi connectivity index (χ0) is 18.2. The molecule has 1 aromatic carbocycles. The number of aromatic nitrogens is 1. The van der Waals surface area contributed by atoms with E-state index in [2.05, 4.69) is 10.5 Å². The molecule has 0 unspecified atom stereocenters. The molecule has 0 radical (unpaired) electrons. The Kier molecular flexibility index (Phi) is 7.05. The predicted octanol–water partition coefficient (Wildman–Crippen LogP) is 3.13. The van der Waals surface area contributed by atoms with E-state index in [0.29, 0.717) is 35.5 Å². The van der Waals surface area contributed by atoms with Crippen LogP contribution in [0.3, 0.4) is 0 Å². The Morgan fingerprint density at radius 3 is 2.88 bits per heavy atom. The van der Waals surface area contributed by atoms with Crippen molar-refractivity contribution in [2.75, 3.05) is 19.8 Å². The van der Waals surface area contributed by atoms with Gasteiger partial charge in [-0.05, 0) is 30.4 Å². The minimum atomic E-state index is -0.0478. The standard InChI is InChI=1S/C19H23ClN2O4/c20-18-4-2-1-3-15(18)12-25-13-17-9-16(22-26-17)10-19(23)21-11-14-5-7-24-8-6-14/h1-4,9,14H,5-8,10-13H2,(H,21,23). The number of carbonyl (C=O) groups excluding carboxylic acids is 1. The van der Waals surface area contributed by atoms with E-state index in [1.165, 1.54) is 0 Å². The maximum Gasteiger partial charge on any atom is 0.226 e. The molecule has 6 nitrogen and oxygen atoms in total. The maximum absolute atomic E-state index is 12.0. The normalized spacial score (nSPS) is 15.1. The number of amides is 1. The highest BCUT2D eigenvalue weighted by molar-refractivity contribution is 6.31. The first-order valence-electron chi connectivity index (χ1n) is 8.81. The quantitative estimate of drug-likeness (QED) is 0.763. The number of nitrogens with zero attached hydrogens (tertiary/aromatic N) is 1. The van der Waals surface area contributed by atoms with Crippen LogP contribution in [-0.2, 0) is 33.9 Å². The molecular weight excluding hydrogens is 356 g/mol. The molecule has 2 aromatic rings. The van der Waals surface area contributed by atoms with Gasteiger partial charge in [-0.25, -0.2) is 0 Å². The first kappa shape index (κ1) is 18.9. The van der Waals surface area contributed by atoms with Gasteiger partial charge in [0.25, 0.3) is 0 Å². The number of hydrogen-bond acceptors (Lipinski definition) is 5. The number of benzene rings is 1. The fourth-order valence-electron chi connectivity index (χ4n) is 2.82. The number of rotatable bonds is 8. The summed E-state index contributed by atoms with van der Waals surface area (Å²) in [6.07, 6.45) is 2.20. The molecule has 3 rings (SSSR count). The number of hydrogen-bond donors (Lipinski definition) is 1. The van der Waals surface area contributed by atoms with E-state index in [1.807, 2.05) is 24.3 Å². The van der Waals surface area contributed by atoms with Crippen molar-refractivity contribution in [1.82, 2.24) is 10.5 Å². The van der Waals surface area contributed by atoms with Gasteiger partial charge < -0.3 is 19.3 Å². The van der Waals surface area contributed by atoms with E-state index in [0.717, 1.165) is 31.6 Å². The van der Waals surface area contributed by atoms with Crippen LogP contribution in [0.1, 0.15) is 29.9 Å². The van der Waals surface area contributed by atoms with Crippen LogP contribution in [-0.4, -0.2) is 30.8 Å². The van der Waals surface area contributed by atoms with E-state index >= 15 is 0 Å². The molecular formula is C19H23ClN2O4. The second kappa shape index (κ2) is 9.71. The van der Waals surface area contributed by atoms with Gasteiger partial charge in [-0.15, -0.1) is 0 Å². The summed E-state index contributed by atoms with van der Waals surface area (Å²) in [4.78, 5) is 12.0. The van der Waals surface area contributed by atoms with E-state index in [-0.39, 0.29) is 18.9 Å². The molecule has 1 N–H and O–H groups in total. The van der Waals surface area contributed by atoms with Crippen molar-refractivity contribution in [1.29, 1.82) is 0 Å². The molecule has 2 heterocycles. The maximum atomic E-state index is 12.0. The van der Waals surface area contributed by atoms with Gasteiger partial charge in [-0.2, -0.15) is 0 Å². The molecule has 0 aliphatic carbocycles. The first-order valence-corrected chi connectivity index (χ1v) is 9.18. The molecule has 0 spiro atoms.